The number of benzene rings is 1. The van der Waals surface area contributed by atoms with Gasteiger partial charge in [0.2, 0.25) is 11.8 Å². The average molecular weight is 345 g/mol. The monoisotopic (exact) mass is 345 g/mol. The van der Waals surface area contributed by atoms with E-state index in [-0.39, 0.29) is 23.9 Å². The standard InChI is InChI=1S/C18H23N3O2S/c1-4-17(22)21-12-24-11-16(21)18(23)20(13(2)3)10-15-7-5-14(9-19)6-8-15/h5-8,13,16H,4,10-12H2,1-3H3/t16-/m0/s1. The molecule has 1 aliphatic heterocycles. The Bertz CT molecular complexity index is 637. The van der Waals surface area contributed by atoms with Gasteiger partial charge < -0.3 is 9.80 Å². The van der Waals surface area contributed by atoms with Crippen LogP contribution in [-0.2, 0) is 16.1 Å². The van der Waals surface area contributed by atoms with Crippen LogP contribution in [0.5, 0.6) is 0 Å². The molecule has 0 aromatic heterocycles. The maximum atomic E-state index is 13.0. The third kappa shape index (κ3) is 4.09. The minimum Gasteiger partial charge on any atom is -0.334 e. The molecule has 2 rings (SSSR count). The van der Waals surface area contributed by atoms with Crippen LogP contribution in [0.3, 0.4) is 0 Å². The number of rotatable bonds is 5. The number of amides is 2. The lowest BCUT2D eigenvalue weighted by Gasteiger charge is -2.32. The van der Waals surface area contributed by atoms with E-state index in [0.29, 0.717) is 30.2 Å². The first-order chi connectivity index (χ1) is 11.5. The summed E-state index contributed by atoms with van der Waals surface area (Å²) >= 11 is 1.62. The molecule has 1 heterocycles. The fourth-order valence-electron chi connectivity index (χ4n) is 2.68. The second-order valence-corrected chi connectivity index (χ2v) is 7.10. The van der Waals surface area contributed by atoms with E-state index in [1.165, 1.54) is 0 Å². The summed E-state index contributed by atoms with van der Waals surface area (Å²) < 4.78 is 0. The van der Waals surface area contributed by atoms with E-state index in [1.807, 2.05) is 37.8 Å². The lowest BCUT2D eigenvalue weighted by Crippen LogP contribution is -2.50. The van der Waals surface area contributed by atoms with E-state index in [4.69, 9.17) is 5.26 Å². The number of nitrogens with zero attached hydrogens (tertiary/aromatic N) is 3. The van der Waals surface area contributed by atoms with Gasteiger partial charge in [-0.25, -0.2) is 0 Å². The van der Waals surface area contributed by atoms with Gasteiger partial charge in [-0.1, -0.05) is 19.1 Å². The fourth-order valence-corrected chi connectivity index (χ4v) is 3.86. The predicted molar refractivity (Wildman–Crippen MR) is 95.1 cm³/mol. The lowest BCUT2D eigenvalue weighted by atomic mass is 10.1. The molecule has 0 aliphatic carbocycles. The molecule has 5 nitrogen and oxygen atoms in total. The summed E-state index contributed by atoms with van der Waals surface area (Å²) in [6, 6.07) is 9.03. The molecule has 1 fully saturated rings. The molecule has 0 spiro atoms. The molecule has 2 amide bonds. The van der Waals surface area contributed by atoms with Crippen molar-refractivity contribution in [1.29, 1.82) is 5.26 Å². The zero-order valence-corrected chi connectivity index (χ0v) is 15.2. The molecule has 128 valence electrons. The van der Waals surface area contributed by atoms with Gasteiger partial charge in [-0.3, -0.25) is 9.59 Å². The lowest BCUT2D eigenvalue weighted by molar-refractivity contribution is -0.144. The third-order valence-corrected chi connectivity index (χ3v) is 5.14. The van der Waals surface area contributed by atoms with E-state index in [0.717, 1.165) is 5.56 Å². The van der Waals surface area contributed by atoms with Gasteiger partial charge >= 0.3 is 0 Å². The molecule has 0 bridgehead atoms. The van der Waals surface area contributed by atoms with E-state index >= 15 is 0 Å². The molecule has 1 atom stereocenters. The normalized spacial score (nSPS) is 17.0. The van der Waals surface area contributed by atoms with Crippen molar-refractivity contribution < 1.29 is 9.59 Å². The molecule has 6 heteroatoms. The van der Waals surface area contributed by atoms with Crippen LogP contribution in [0.2, 0.25) is 0 Å². The predicted octanol–water partition coefficient (Wildman–Crippen LogP) is 2.61. The first-order valence-corrected chi connectivity index (χ1v) is 9.30. The zero-order valence-electron chi connectivity index (χ0n) is 14.4. The highest BCUT2D eigenvalue weighted by molar-refractivity contribution is 7.99. The summed E-state index contributed by atoms with van der Waals surface area (Å²) in [4.78, 5) is 28.6. The zero-order chi connectivity index (χ0) is 17.7. The van der Waals surface area contributed by atoms with Crippen molar-refractivity contribution in [3.05, 3.63) is 35.4 Å². The van der Waals surface area contributed by atoms with Crippen LogP contribution >= 0.6 is 11.8 Å². The molecule has 1 aliphatic rings. The Morgan fingerprint density at radius 1 is 1.38 bits per heavy atom. The largest absolute Gasteiger partial charge is 0.334 e. The highest BCUT2D eigenvalue weighted by atomic mass is 32.2. The number of carbonyl (C=O) groups is 2. The SMILES string of the molecule is CCC(=O)N1CSC[C@H]1C(=O)N(Cc1ccc(C#N)cc1)C(C)C. The first kappa shape index (κ1) is 18.3. The van der Waals surface area contributed by atoms with Gasteiger partial charge in [0.1, 0.15) is 6.04 Å². The van der Waals surface area contributed by atoms with Gasteiger partial charge in [0.15, 0.2) is 0 Å². The topological polar surface area (TPSA) is 64.4 Å². The Morgan fingerprint density at radius 3 is 2.58 bits per heavy atom. The van der Waals surface area contributed by atoms with Crippen molar-refractivity contribution in [1.82, 2.24) is 9.80 Å². The summed E-state index contributed by atoms with van der Waals surface area (Å²) in [6.07, 6.45) is 0.418. The second-order valence-electron chi connectivity index (χ2n) is 6.10. The molecular weight excluding hydrogens is 322 g/mol. The van der Waals surface area contributed by atoms with Gasteiger partial charge in [0, 0.05) is 24.8 Å². The van der Waals surface area contributed by atoms with Crippen molar-refractivity contribution in [3.8, 4) is 6.07 Å². The second kappa shape index (κ2) is 8.20. The van der Waals surface area contributed by atoms with E-state index in [9.17, 15) is 9.59 Å². The van der Waals surface area contributed by atoms with Crippen molar-refractivity contribution in [2.75, 3.05) is 11.6 Å². The Hall–Kier alpha value is -2.00. The number of nitriles is 1. The Kier molecular flexibility index (Phi) is 6.27. The molecule has 0 unspecified atom stereocenters. The minimum absolute atomic E-state index is 0.00107. The average Bonchev–Trinajstić information content (AvgIpc) is 3.08. The molecular formula is C18H23N3O2S. The Labute approximate surface area is 147 Å². The number of thioether (sulfide) groups is 1. The van der Waals surface area contributed by atoms with Gasteiger partial charge in [0.05, 0.1) is 17.5 Å². The Morgan fingerprint density at radius 2 is 2.04 bits per heavy atom. The summed E-state index contributed by atoms with van der Waals surface area (Å²) in [6.45, 7) is 6.27. The van der Waals surface area contributed by atoms with Crippen molar-refractivity contribution in [2.24, 2.45) is 0 Å². The maximum absolute atomic E-state index is 13.0. The van der Waals surface area contributed by atoms with Gasteiger partial charge in [-0.2, -0.15) is 5.26 Å². The molecule has 1 aromatic carbocycles. The van der Waals surface area contributed by atoms with E-state index < -0.39 is 0 Å². The highest BCUT2D eigenvalue weighted by Gasteiger charge is 2.37. The van der Waals surface area contributed by atoms with Crippen LogP contribution in [0.1, 0.15) is 38.3 Å². The number of carbonyl (C=O) groups excluding carboxylic acids is 2. The van der Waals surface area contributed by atoms with Gasteiger partial charge in [-0.05, 0) is 31.5 Å². The summed E-state index contributed by atoms with van der Waals surface area (Å²) in [7, 11) is 0. The highest BCUT2D eigenvalue weighted by Crippen LogP contribution is 2.24. The first-order valence-electron chi connectivity index (χ1n) is 8.14. The van der Waals surface area contributed by atoms with E-state index in [1.54, 1.807) is 28.8 Å². The van der Waals surface area contributed by atoms with Crippen LogP contribution in [-0.4, -0.2) is 45.3 Å². The molecule has 0 radical (unpaired) electrons. The van der Waals surface area contributed by atoms with Gasteiger partial charge in [-0.15, -0.1) is 11.8 Å². The third-order valence-electron chi connectivity index (χ3n) is 4.13. The molecule has 1 saturated heterocycles. The smallest absolute Gasteiger partial charge is 0.246 e. The molecule has 24 heavy (non-hydrogen) atoms. The summed E-state index contributed by atoms with van der Waals surface area (Å²) in [5.41, 5.74) is 1.59. The van der Waals surface area contributed by atoms with Crippen LogP contribution in [0, 0.1) is 11.3 Å². The quantitative estimate of drug-likeness (QED) is 0.823. The molecule has 0 N–H and O–H groups in total. The van der Waals surface area contributed by atoms with Crippen molar-refractivity contribution in [3.63, 3.8) is 0 Å². The fraction of sp³-hybridized carbons (Fsp3) is 0.500. The molecule has 0 saturated carbocycles. The summed E-state index contributed by atoms with van der Waals surface area (Å²) in [5, 5.41) is 8.88. The number of hydrogen-bond donors (Lipinski definition) is 0. The van der Waals surface area contributed by atoms with E-state index in [2.05, 4.69) is 6.07 Å². The van der Waals surface area contributed by atoms with Crippen molar-refractivity contribution >= 4 is 23.6 Å². The number of hydrogen-bond acceptors (Lipinski definition) is 4. The van der Waals surface area contributed by atoms with Crippen LogP contribution in [0.4, 0.5) is 0 Å². The van der Waals surface area contributed by atoms with Crippen LogP contribution in [0.25, 0.3) is 0 Å². The van der Waals surface area contributed by atoms with Crippen molar-refractivity contribution in [2.45, 2.75) is 45.8 Å². The molecule has 1 aromatic rings. The minimum atomic E-state index is -0.372. The van der Waals surface area contributed by atoms with Crippen LogP contribution in [0.15, 0.2) is 24.3 Å². The van der Waals surface area contributed by atoms with Gasteiger partial charge in [0.25, 0.3) is 0 Å². The Balaban J connectivity index is 2.15. The van der Waals surface area contributed by atoms with Crippen LogP contribution < -0.4 is 0 Å². The summed E-state index contributed by atoms with van der Waals surface area (Å²) in [5.74, 6) is 1.27. The maximum Gasteiger partial charge on any atom is 0.246 e.